The number of carbonyl (C=O) groups is 1. The van der Waals surface area contributed by atoms with Gasteiger partial charge in [0, 0.05) is 0 Å². The number of unbranched alkanes of at least 4 members (excludes halogenated alkanes) is 6. The lowest BCUT2D eigenvalue weighted by Gasteiger charge is -2.04. The topological polar surface area (TPSA) is 138 Å². The fourth-order valence-corrected chi connectivity index (χ4v) is 1.42. The van der Waals surface area contributed by atoms with Crippen molar-refractivity contribution in [2.24, 2.45) is 0 Å². The molecular formula is C11H26O7Si. The van der Waals surface area contributed by atoms with E-state index in [0.29, 0.717) is 6.42 Å². The van der Waals surface area contributed by atoms with Gasteiger partial charge >= 0.3 is 15.0 Å². The summed E-state index contributed by atoms with van der Waals surface area (Å²) in [6, 6.07) is 0. The Bertz CT molecular complexity index is 212. The third kappa shape index (κ3) is 26.9. The van der Waals surface area contributed by atoms with Crippen LogP contribution >= 0.6 is 0 Å². The van der Waals surface area contributed by atoms with Gasteiger partial charge in [0.1, 0.15) is 0 Å². The van der Waals surface area contributed by atoms with E-state index in [0.717, 1.165) is 19.3 Å². The highest BCUT2D eigenvalue weighted by Gasteiger charge is 2.22. The zero-order chi connectivity index (χ0) is 15.3. The van der Waals surface area contributed by atoms with Crippen LogP contribution in [0.4, 0.5) is 0 Å². The minimum Gasteiger partial charge on any atom is -0.479 e. The van der Waals surface area contributed by atoms with E-state index < -0.39 is 21.1 Å². The third-order valence-electron chi connectivity index (χ3n) is 2.37. The molecule has 0 aromatic heterocycles. The van der Waals surface area contributed by atoms with Crippen LogP contribution in [0.3, 0.4) is 0 Å². The zero-order valence-corrected chi connectivity index (χ0v) is 12.3. The van der Waals surface area contributed by atoms with Gasteiger partial charge in [-0.25, -0.2) is 4.79 Å². The smallest absolute Gasteiger partial charge is 0.479 e. The average molecular weight is 298 g/mol. The van der Waals surface area contributed by atoms with Crippen LogP contribution in [-0.2, 0) is 4.79 Å². The summed E-state index contributed by atoms with van der Waals surface area (Å²) in [4.78, 5) is 39.6. The quantitative estimate of drug-likeness (QED) is 0.259. The molecule has 0 heterocycles. The maximum Gasteiger partial charge on any atom is 0.668 e. The van der Waals surface area contributed by atoms with E-state index in [1.165, 1.54) is 25.7 Å². The van der Waals surface area contributed by atoms with Crippen molar-refractivity contribution >= 4 is 15.0 Å². The van der Waals surface area contributed by atoms with Crippen LogP contribution in [0.2, 0.25) is 0 Å². The molecule has 6 N–H and O–H groups in total. The van der Waals surface area contributed by atoms with E-state index in [1.54, 1.807) is 0 Å². The van der Waals surface area contributed by atoms with Crippen molar-refractivity contribution in [1.29, 1.82) is 0 Å². The first-order valence-corrected chi connectivity index (χ1v) is 8.27. The van der Waals surface area contributed by atoms with Crippen LogP contribution < -0.4 is 0 Å². The van der Waals surface area contributed by atoms with E-state index in [-0.39, 0.29) is 0 Å². The van der Waals surface area contributed by atoms with Crippen molar-refractivity contribution in [2.75, 3.05) is 0 Å². The second-order valence-corrected chi connectivity index (χ2v) is 5.56. The Morgan fingerprint density at radius 1 is 0.947 bits per heavy atom. The number of aliphatic hydroxyl groups excluding tert-OH is 1. The number of aliphatic hydroxyl groups is 1. The number of carboxylic acid groups (broad SMARTS) is 1. The van der Waals surface area contributed by atoms with Crippen molar-refractivity contribution in [3.63, 3.8) is 0 Å². The summed E-state index contributed by atoms with van der Waals surface area (Å²) >= 11 is 0. The molecule has 1 atom stereocenters. The molecular weight excluding hydrogens is 272 g/mol. The van der Waals surface area contributed by atoms with Crippen LogP contribution in [0.15, 0.2) is 0 Å². The predicted octanol–water partition coefficient (Wildman–Crippen LogP) is -0.0362. The van der Waals surface area contributed by atoms with E-state index in [9.17, 15) is 4.79 Å². The fourth-order valence-electron chi connectivity index (χ4n) is 1.42. The van der Waals surface area contributed by atoms with Crippen LogP contribution in [0.1, 0.15) is 58.3 Å². The molecule has 0 rings (SSSR count). The van der Waals surface area contributed by atoms with Gasteiger partial charge in [-0.1, -0.05) is 51.9 Å². The fraction of sp³-hybridized carbons (Fsp3) is 0.909. The first-order chi connectivity index (χ1) is 8.68. The summed E-state index contributed by atoms with van der Waals surface area (Å²) in [5.41, 5.74) is 0. The number of rotatable bonds is 9. The summed E-state index contributed by atoms with van der Waals surface area (Å²) in [6.45, 7) is 2.18. The number of hydrogen-bond donors (Lipinski definition) is 6. The molecule has 0 bridgehead atoms. The van der Waals surface area contributed by atoms with E-state index in [1.807, 2.05) is 0 Å². The monoisotopic (exact) mass is 298 g/mol. The second kappa shape index (κ2) is 12.5. The highest BCUT2D eigenvalue weighted by Crippen LogP contribution is 2.09. The molecule has 8 heteroatoms. The zero-order valence-electron chi connectivity index (χ0n) is 11.3. The molecule has 0 aliphatic rings. The van der Waals surface area contributed by atoms with Gasteiger partial charge in [0.25, 0.3) is 0 Å². The molecule has 0 aliphatic carbocycles. The van der Waals surface area contributed by atoms with Gasteiger partial charge in [0.05, 0.1) is 0 Å². The lowest BCUT2D eigenvalue weighted by atomic mass is 10.1. The second-order valence-electron chi connectivity index (χ2n) is 4.36. The van der Waals surface area contributed by atoms with Crippen molar-refractivity contribution in [1.82, 2.24) is 0 Å². The van der Waals surface area contributed by atoms with Crippen molar-refractivity contribution < 1.29 is 34.2 Å². The van der Waals surface area contributed by atoms with Gasteiger partial charge in [0.2, 0.25) is 0 Å². The Morgan fingerprint density at radius 3 is 1.68 bits per heavy atom. The lowest BCUT2D eigenvalue weighted by Crippen LogP contribution is -2.33. The van der Waals surface area contributed by atoms with Gasteiger partial charge in [-0.05, 0) is 6.42 Å². The SMILES string of the molecule is CCCCCCCCCC(O)C(=O)O.O[Si](O)(O)O. The first kappa shape index (κ1) is 20.8. The Balaban J connectivity index is 0. The predicted molar refractivity (Wildman–Crippen MR) is 70.9 cm³/mol. The summed E-state index contributed by atoms with van der Waals surface area (Å²) in [6.07, 6.45) is 7.29. The van der Waals surface area contributed by atoms with Gasteiger partial charge in [-0.3, -0.25) is 0 Å². The van der Waals surface area contributed by atoms with Crippen LogP contribution in [0, 0.1) is 0 Å². The molecule has 0 spiro atoms. The molecule has 1 unspecified atom stereocenters. The van der Waals surface area contributed by atoms with Gasteiger partial charge in [-0.2, -0.15) is 0 Å². The van der Waals surface area contributed by atoms with Crippen molar-refractivity contribution in [2.45, 2.75) is 64.4 Å². The number of hydrogen-bond acceptors (Lipinski definition) is 6. The standard InChI is InChI=1S/C11H22O3.H4O4Si/c1-2-3-4-5-6-7-8-9-10(12)11(13)14;1-5(2,3)4/h10,12H,2-9H2,1H3,(H,13,14);1-4H. The molecule has 116 valence electrons. The maximum absolute atomic E-state index is 10.3. The largest absolute Gasteiger partial charge is 0.668 e. The average Bonchev–Trinajstić information content (AvgIpc) is 2.25. The van der Waals surface area contributed by atoms with Crippen molar-refractivity contribution in [3.05, 3.63) is 0 Å². The van der Waals surface area contributed by atoms with Crippen LogP contribution in [0.5, 0.6) is 0 Å². The van der Waals surface area contributed by atoms with Gasteiger partial charge in [0.15, 0.2) is 6.10 Å². The molecule has 0 saturated heterocycles. The first-order valence-electron chi connectivity index (χ1n) is 6.48. The molecule has 7 nitrogen and oxygen atoms in total. The van der Waals surface area contributed by atoms with Crippen molar-refractivity contribution in [3.8, 4) is 0 Å². The summed E-state index contributed by atoms with van der Waals surface area (Å²) in [7, 11) is -4.61. The molecule has 0 aromatic rings. The van der Waals surface area contributed by atoms with E-state index in [4.69, 9.17) is 29.4 Å². The van der Waals surface area contributed by atoms with E-state index in [2.05, 4.69) is 6.92 Å². The minimum absolute atomic E-state index is 0.392. The van der Waals surface area contributed by atoms with Gasteiger partial charge < -0.3 is 29.4 Å². The molecule has 0 saturated carbocycles. The highest BCUT2D eigenvalue weighted by atomic mass is 28.4. The Labute approximate surface area is 114 Å². The molecule has 0 aromatic carbocycles. The minimum atomic E-state index is -4.61. The molecule has 0 radical (unpaired) electrons. The van der Waals surface area contributed by atoms with Gasteiger partial charge in [-0.15, -0.1) is 0 Å². The maximum atomic E-state index is 10.3. The Morgan fingerprint density at radius 2 is 1.32 bits per heavy atom. The third-order valence-corrected chi connectivity index (χ3v) is 2.37. The molecule has 0 fully saturated rings. The molecule has 0 aliphatic heterocycles. The summed E-state index contributed by atoms with van der Waals surface area (Å²) in [5, 5.41) is 17.4. The Hall–Kier alpha value is -0.513. The Kier molecular flexibility index (Phi) is 13.7. The van der Waals surface area contributed by atoms with Crippen LogP contribution in [-0.4, -0.2) is 50.5 Å². The summed E-state index contributed by atoms with van der Waals surface area (Å²) in [5.74, 6) is -1.10. The lowest BCUT2D eigenvalue weighted by molar-refractivity contribution is -0.146. The normalized spacial score (nSPS) is 12.5. The summed E-state index contributed by atoms with van der Waals surface area (Å²) < 4.78 is 0. The highest BCUT2D eigenvalue weighted by molar-refractivity contribution is 6.46. The number of carboxylic acids is 1. The van der Waals surface area contributed by atoms with E-state index >= 15 is 0 Å². The number of aliphatic carboxylic acids is 1. The van der Waals surface area contributed by atoms with Crippen LogP contribution in [0.25, 0.3) is 0 Å². The molecule has 0 amide bonds. The molecule has 19 heavy (non-hydrogen) atoms.